The summed E-state index contributed by atoms with van der Waals surface area (Å²) in [6.07, 6.45) is 73.7. The molecule has 0 amide bonds. The number of aliphatic hydroxyl groups is 1. The number of esters is 4. The van der Waals surface area contributed by atoms with Crippen molar-refractivity contribution in [3.63, 3.8) is 0 Å². The number of hydrogen-bond acceptors (Lipinski definition) is 15. The van der Waals surface area contributed by atoms with Crippen LogP contribution in [0.4, 0.5) is 0 Å². The van der Waals surface area contributed by atoms with Crippen LogP contribution >= 0.6 is 15.6 Å². The first-order chi connectivity index (χ1) is 51.6. The molecule has 3 N–H and O–H groups in total. The molecule has 3 unspecified atom stereocenters. The van der Waals surface area contributed by atoms with Crippen molar-refractivity contribution in [3.05, 3.63) is 0 Å². The van der Waals surface area contributed by atoms with Gasteiger partial charge >= 0.3 is 39.5 Å². The van der Waals surface area contributed by atoms with Gasteiger partial charge in [-0.1, -0.05) is 420 Å². The fourth-order valence-corrected chi connectivity index (χ4v) is 15.2. The highest BCUT2D eigenvalue weighted by molar-refractivity contribution is 7.47. The van der Waals surface area contributed by atoms with E-state index in [9.17, 15) is 43.2 Å². The predicted molar refractivity (Wildman–Crippen MR) is 437 cm³/mol. The smallest absolute Gasteiger partial charge is 0.462 e. The summed E-state index contributed by atoms with van der Waals surface area (Å²) >= 11 is 0. The Morgan fingerprint density at radius 3 is 0.670 bits per heavy atom. The molecule has 0 saturated heterocycles. The maximum atomic E-state index is 13.1. The molecule has 0 aliphatic rings. The maximum Gasteiger partial charge on any atom is 0.472 e. The zero-order valence-electron chi connectivity index (χ0n) is 69.6. The summed E-state index contributed by atoms with van der Waals surface area (Å²) < 4.78 is 68.9. The SMILES string of the molecule is CCCCCCCCCCCCCCCCCCCCCCCC(=O)O[C@H](COC(=O)CCCCCCCCCCCCCCCCCCCCC)COP(=O)(O)OC[C@@H](O)COP(=O)(O)OC[C@@H](COC(=O)CCCCCCCCCC)OC(=O)CCCCCCCCCCCCCCCCC(C)CC. The molecule has 106 heavy (non-hydrogen) atoms. The molecule has 0 saturated carbocycles. The Balaban J connectivity index is 5.18. The van der Waals surface area contributed by atoms with Crippen LogP contribution in [0.15, 0.2) is 0 Å². The molecular weight excluding hydrogens is 1380 g/mol. The van der Waals surface area contributed by atoms with E-state index in [1.54, 1.807) is 0 Å². The van der Waals surface area contributed by atoms with Crippen molar-refractivity contribution >= 4 is 39.5 Å². The van der Waals surface area contributed by atoms with Crippen LogP contribution in [0.2, 0.25) is 0 Å². The van der Waals surface area contributed by atoms with E-state index in [1.807, 2.05) is 0 Å². The standard InChI is InChI=1S/C87H170O17P2/c1-6-10-13-16-19-22-24-26-28-30-32-33-35-37-39-44-48-52-57-62-67-72-87(92)104-83(77-98-85(90)71-66-61-56-51-47-43-38-36-34-31-29-27-25-23-20-17-14-11-7-2)79-102-106(95,96)100-75-81(88)74-99-105(93,94)101-78-82(76-97-84(89)70-65-60-55-21-18-15-12-8-3)103-86(91)73-68-63-58-53-49-45-41-40-42-46-50-54-59-64-69-80(5)9-4/h80-83,88H,6-79H2,1-5H3,(H,93,94)(H,95,96)/t80?,81-,82+,83+/m0/s1. The van der Waals surface area contributed by atoms with Gasteiger partial charge in [-0.3, -0.25) is 37.3 Å². The van der Waals surface area contributed by atoms with E-state index in [2.05, 4.69) is 34.6 Å². The molecule has 0 spiro atoms. The lowest BCUT2D eigenvalue weighted by Crippen LogP contribution is -2.30. The molecule has 6 atom stereocenters. The van der Waals surface area contributed by atoms with Crippen LogP contribution in [0.5, 0.6) is 0 Å². The molecule has 630 valence electrons. The first-order valence-corrected chi connectivity index (χ1v) is 48.2. The van der Waals surface area contributed by atoms with Gasteiger partial charge in [0.15, 0.2) is 12.2 Å². The van der Waals surface area contributed by atoms with Crippen LogP contribution in [0.1, 0.15) is 471 Å². The molecule has 17 nitrogen and oxygen atoms in total. The minimum atomic E-state index is -4.97. The second-order valence-electron chi connectivity index (χ2n) is 31.5. The zero-order valence-corrected chi connectivity index (χ0v) is 71.4. The Bertz CT molecular complexity index is 2020. The summed E-state index contributed by atoms with van der Waals surface area (Å²) in [5.41, 5.74) is 0. The first-order valence-electron chi connectivity index (χ1n) is 45.2. The highest BCUT2D eigenvalue weighted by atomic mass is 31.2. The van der Waals surface area contributed by atoms with Gasteiger partial charge < -0.3 is 33.8 Å². The molecule has 19 heteroatoms. The van der Waals surface area contributed by atoms with Crippen molar-refractivity contribution in [1.82, 2.24) is 0 Å². The number of carbonyl (C=O) groups is 4. The van der Waals surface area contributed by atoms with Crippen LogP contribution in [-0.2, 0) is 65.4 Å². The van der Waals surface area contributed by atoms with E-state index in [0.717, 1.165) is 102 Å². The van der Waals surface area contributed by atoms with E-state index < -0.39 is 97.5 Å². The molecule has 0 rings (SSSR count). The van der Waals surface area contributed by atoms with Crippen LogP contribution in [0.25, 0.3) is 0 Å². The fraction of sp³-hybridized carbons (Fsp3) is 0.954. The van der Waals surface area contributed by atoms with Gasteiger partial charge in [0, 0.05) is 25.7 Å². The summed E-state index contributed by atoms with van der Waals surface area (Å²) in [6, 6.07) is 0. The van der Waals surface area contributed by atoms with Gasteiger partial charge in [0.1, 0.15) is 19.3 Å². The topological polar surface area (TPSA) is 237 Å². The second-order valence-corrected chi connectivity index (χ2v) is 34.4. The van der Waals surface area contributed by atoms with E-state index in [1.165, 1.54) is 289 Å². The number of aliphatic hydroxyl groups excluding tert-OH is 1. The quantitative estimate of drug-likeness (QED) is 0.0222. The fourth-order valence-electron chi connectivity index (χ4n) is 13.6. The third kappa shape index (κ3) is 78.7. The number of phosphoric acid groups is 2. The molecule has 0 aliphatic heterocycles. The highest BCUT2D eigenvalue weighted by Crippen LogP contribution is 2.45. The number of rotatable bonds is 87. The van der Waals surface area contributed by atoms with Gasteiger partial charge in [0.25, 0.3) is 0 Å². The lowest BCUT2D eigenvalue weighted by Gasteiger charge is -2.21. The van der Waals surface area contributed by atoms with Crippen LogP contribution < -0.4 is 0 Å². The van der Waals surface area contributed by atoms with Crippen LogP contribution in [-0.4, -0.2) is 96.7 Å². The van der Waals surface area contributed by atoms with Gasteiger partial charge in [-0.15, -0.1) is 0 Å². The third-order valence-electron chi connectivity index (χ3n) is 20.9. The van der Waals surface area contributed by atoms with Crippen molar-refractivity contribution in [3.8, 4) is 0 Å². The molecular formula is C87H170O17P2. The summed E-state index contributed by atoms with van der Waals surface area (Å²) in [5.74, 6) is -1.26. The second kappa shape index (κ2) is 79.7. The summed E-state index contributed by atoms with van der Waals surface area (Å²) in [5, 5.41) is 10.7. The van der Waals surface area contributed by atoms with E-state index in [-0.39, 0.29) is 25.7 Å². The molecule has 0 aliphatic carbocycles. The number of carbonyl (C=O) groups excluding carboxylic acids is 4. The van der Waals surface area contributed by atoms with Gasteiger partial charge in [-0.05, 0) is 31.6 Å². The lowest BCUT2D eigenvalue weighted by molar-refractivity contribution is -0.161. The van der Waals surface area contributed by atoms with Gasteiger partial charge in [-0.2, -0.15) is 0 Å². The van der Waals surface area contributed by atoms with Crippen LogP contribution in [0.3, 0.4) is 0 Å². The molecule has 0 radical (unpaired) electrons. The largest absolute Gasteiger partial charge is 0.472 e. The normalized spacial score (nSPS) is 14.0. The molecule has 0 bridgehead atoms. The van der Waals surface area contributed by atoms with Gasteiger partial charge in [-0.25, -0.2) is 9.13 Å². The van der Waals surface area contributed by atoms with E-state index in [0.29, 0.717) is 25.7 Å². The maximum absolute atomic E-state index is 13.1. The Kier molecular flexibility index (Phi) is 78.2. The van der Waals surface area contributed by atoms with Crippen molar-refractivity contribution < 1.29 is 80.2 Å². The Morgan fingerprint density at radius 2 is 0.453 bits per heavy atom. The van der Waals surface area contributed by atoms with Crippen molar-refractivity contribution in [1.29, 1.82) is 0 Å². The third-order valence-corrected chi connectivity index (χ3v) is 22.8. The predicted octanol–water partition coefficient (Wildman–Crippen LogP) is 26.8. The van der Waals surface area contributed by atoms with Crippen molar-refractivity contribution in [2.75, 3.05) is 39.6 Å². The van der Waals surface area contributed by atoms with Gasteiger partial charge in [0.2, 0.25) is 0 Å². The summed E-state index contributed by atoms with van der Waals surface area (Å²) in [6.45, 7) is 7.39. The molecule has 0 aromatic rings. The van der Waals surface area contributed by atoms with E-state index >= 15 is 0 Å². The Labute approximate surface area is 651 Å². The molecule has 0 heterocycles. The first kappa shape index (κ1) is 104. The Hall–Kier alpha value is -1.94. The minimum absolute atomic E-state index is 0.108. The minimum Gasteiger partial charge on any atom is -0.462 e. The number of hydrogen-bond donors (Lipinski definition) is 3. The average Bonchev–Trinajstić information content (AvgIpc) is 0.901. The van der Waals surface area contributed by atoms with E-state index in [4.69, 9.17) is 37.0 Å². The lowest BCUT2D eigenvalue weighted by atomic mass is 9.99. The van der Waals surface area contributed by atoms with Crippen LogP contribution in [0, 0.1) is 5.92 Å². The molecule has 0 aromatic carbocycles. The monoisotopic (exact) mass is 1550 g/mol. The van der Waals surface area contributed by atoms with Gasteiger partial charge in [0.05, 0.1) is 26.4 Å². The summed E-state index contributed by atoms with van der Waals surface area (Å²) in [4.78, 5) is 73.2. The van der Waals surface area contributed by atoms with Crippen molar-refractivity contribution in [2.24, 2.45) is 5.92 Å². The zero-order chi connectivity index (χ0) is 77.6. The number of phosphoric ester groups is 2. The highest BCUT2D eigenvalue weighted by Gasteiger charge is 2.30. The molecule has 0 fully saturated rings. The summed E-state index contributed by atoms with van der Waals surface area (Å²) in [7, 11) is -9.92. The Morgan fingerprint density at radius 1 is 0.264 bits per heavy atom. The molecule has 0 aromatic heterocycles. The van der Waals surface area contributed by atoms with Crippen molar-refractivity contribution in [2.45, 2.75) is 490 Å². The number of unbranched alkanes of at least 4 members (excludes halogenated alkanes) is 58. The number of ether oxygens (including phenoxy) is 4. The average molecular weight is 1550 g/mol.